The van der Waals surface area contributed by atoms with E-state index >= 15 is 0 Å². The Morgan fingerprint density at radius 1 is 1.24 bits per heavy atom. The molecule has 0 unspecified atom stereocenters. The number of nitrogens with one attached hydrogen (secondary N) is 1. The number of carbonyl (C=O) groups excluding carboxylic acids is 1. The first kappa shape index (κ1) is 20.0. The van der Waals surface area contributed by atoms with Crippen molar-refractivity contribution in [3.63, 3.8) is 0 Å². The van der Waals surface area contributed by atoms with Crippen LogP contribution in [0.5, 0.6) is 11.5 Å². The van der Waals surface area contributed by atoms with Crippen molar-refractivity contribution in [3.8, 4) is 11.5 Å². The molecule has 1 aliphatic carbocycles. The number of hydrogen-bond acceptors (Lipinski definition) is 8. The number of phenols is 1. The van der Waals surface area contributed by atoms with Gasteiger partial charge >= 0.3 is 13.1 Å². The van der Waals surface area contributed by atoms with Crippen LogP contribution in [0.3, 0.4) is 0 Å². The van der Waals surface area contributed by atoms with E-state index in [4.69, 9.17) is 10.5 Å². The Hall–Kier alpha value is -2.34. The number of carboxylic acid groups (broad SMARTS) is 1. The summed E-state index contributed by atoms with van der Waals surface area (Å²) >= 11 is 0. The Morgan fingerprint density at radius 2 is 1.97 bits per heavy atom. The largest absolute Gasteiger partial charge is 0.507 e. The molecule has 10 nitrogen and oxygen atoms in total. The van der Waals surface area contributed by atoms with Crippen LogP contribution in [0.1, 0.15) is 34.7 Å². The fourth-order valence-electron chi connectivity index (χ4n) is 4.33. The molecule has 3 aliphatic rings. The molecule has 1 aromatic carbocycles. The van der Waals surface area contributed by atoms with Crippen LogP contribution in [0.25, 0.3) is 0 Å². The zero-order chi connectivity index (χ0) is 20.9. The number of rotatable bonds is 7. The molecule has 0 bridgehead atoms. The van der Waals surface area contributed by atoms with Crippen molar-refractivity contribution >= 4 is 19.0 Å². The zero-order valence-electron chi connectivity index (χ0n) is 15.7. The molecule has 0 radical (unpaired) electrons. The highest BCUT2D eigenvalue weighted by atomic mass is 16.5. The molecular formula is C18H24BN3O7. The van der Waals surface area contributed by atoms with E-state index in [2.05, 4.69) is 10.2 Å². The number of likely N-dealkylation sites (tertiary alicyclic amines) is 1. The number of amides is 1. The molecule has 7 N–H and O–H groups in total. The van der Waals surface area contributed by atoms with Gasteiger partial charge < -0.3 is 36.0 Å². The summed E-state index contributed by atoms with van der Waals surface area (Å²) in [6, 6.07) is 2.95. The number of aromatic hydroxyl groups is 1. The van der Waals surface area contributed by atoms with E-state index in [1.807, 2.05) is 0 Å². The SMILES string of the molecule is NC(=O)[C@@H]1C[C@@H](N2CC(Oc3ccc([C@H]4C[C@H]4B(O)O)c(O)c3C(=O)O)C2)CN1. The van der Waals surface area contributed by atoms with Gasteiger partial charge in [-0.15, -0.1) is 0 Å². The Bertz CT molecular complexity index is 830. The van der Waals surface area contributed by atoms with E-state index < -0.39 is 18.9 Å². The lowest BCUT2D eigenvalue weighted by atomic mass is 9.81. The molecular weight excluding hydrogens is 381 g/mol. The number of benzene rings is 1. The fourth-order valence-corrected chi connectivity index (χ4v) is 4.33. The monoisotopic (exact) mass is 405 g/mol. The number of carbonyl (C=O) groups is 2. The molecule has 1 amide bonds. The van der Waals surface area contributed by atoms with E-state index in [-0.39, 0.29) is 47.1 Å². The van der Waals surface area contributed by atoms with E-state index in [0.717, 1.165) is 0 Å². The van der Waals surface area contributed by atoms with Crippen LogP contribution >= 0.6 is 0 Å². The molecule has 11 heteroatoms. The van der Waals surface area contributed by atoms with Crippen LogP contribution in [0.4, 0.5) is 0 Å². The van der Waals surface area contributed by atoms with Crippen LogP contribution in [-0.2, 0) is 4.79 Å². The van der Waals surface area contributed by atoms with Crippen molar-refractivity contribution in [2.75, 3.05) is 19.6 Å². The Kier molecular flexibility index (Phi) is 5.15. The van der Waals surface area contributed by atoms with Crippen molar-refractivity contribution in [3.05, 3.63) is 23.3 Å². The Labute approximate surface area is 167 Å². The molecule has 2 aliphatic heterocycles. The summed E-state index contributed by atoms with van der Waals surface area (Å²) in [5, 5.41) is 41.6. The molecule has 4 rings (SSSR count). The van der Waals surface area contributed by atoms with E-state index in [1.165, 1.54) is 6.07 Å². The van der Waals surface area contributed by atoms with Crippen LogP contribution in [0.15, 0.2) is 12.1 Å². The highest BCUT2D eigenvalue weighted by molar-refractivity contribution is 6.44. The topological polar surface area (TPSA) is 166 Å². The van der Waals surface area contributed by atoms with Gasteiger partial charge in [0.15, 0.2) is 0 Å². The number of ether oxygens (including phenoxy) is 1. The maximum atomic E-state index is 11.7. The van der Waals surface area contributed by atoms with Crippen molar-refractivity contribution < 1.29 is 34.6 Å². The molecule has 0 spiro atoms. The van der Waals surface area contributed by atoms with E-state index in [0.29, 0.717) is 38.0 Å². The highest BCUT2D eigenvalue weighted by Gasteiger charge is 2.48. The number of carboxylic acids is 1. The highest BCUT2D eigenvalue weighted by Crippen LogP contribution is 2.56. The summed E-state index contributed by atoms with van der Waals surface area (Å²) < 4.78 is 5.82. The molecule has 0 aromatic heterocycles. The summed E-state index contributed by atoms with van der Waals surface area (Å²) in [6.45, 7) is 1.83. The number of hydrogen-bond donors (Lipinski definition) is 6. The van der Waals surface area contributed by atoms with Gasteiger partial charge in [0.25, 0.3) is 0 Å². The Morgan fingerprint density at radius 3 is 2.52 bits per heavy atom. The predicted octanol–water partition coefficient (Wildman–Crippen LogP) is -1.30. The normalized spacial score (nSPS) is 29.3. The summed E-state index contributed by atoms with van der Waals surface area (Å²) in [6.07, 6.45) is 0.889. The van der Waals surface area contributed by atoms with Gasteiger partial charge in [0.1, 0.15) is 23.2 Å². The molecule has 3 fully saturated rings. The minimum Gasteiger partial charge on any atom is -0.507 e. The number of primary amides is 1. The number of aromatic carboxylic acids is 1. The molecule has 1 aromatic rings. The lowest BCUT2D eigenvalue weighted by molar-refractivity contribution is -0.119. The van der Waals surface area contributed by atoms with E-state index in [9.17, 15) is 29.9 Å². The minimum atomic E-state index is -1.50. The van der Waals surface area contributed by atoms with Gasteiger partial charge in [-0.2, -0.15) is 0 Å². The molecule has 1 saturated carbocycles. The van der Waals surface area contributed by atoms with Crippen molar-refractivity contribution in [1.29, 1.82) is 0 Å². The van der Waals surface area contributed by atoms with Crippen molar-refractivity contribution in [1.82, 2.24) is 10.2 Å². The van der Waals surface area contributed by atoms with Crippen LogP contribution in [-0.4, -0.2) is 82.0 Å². The first-order valence-corrected chi connectivity index (χ1v) is 9.65. The van der Waals surface area contributed by atoms with Crippen molar-refractivity contribution in [2.24, 2.45) is 5.73 Å². The zero-order valence-corrected chi connectivity index (χ0v) is 15.7. The van der Waals surface area contributed by atoms with Gasteiger partial charge in [0.05, 0.1) is 6.04 Å². The van der Waals surface area contributed by atoms with Gasteiger partial charge in [-0.1, -0.05) is 6.07 Å². The molecule has 156 valence electrons. The third-order valence-electron chi connectivity index (χ3n) is 6.14. The third kappa shape index (κ3) is 3.78. The van der Waals surface area contributed by atoms with Crippen molar-refractivity contribution in [2.45, 2.75) is 42.8 Å². The summed E-state index contributed by atoms with van der Waals surface area (Å²) in [7, 11) is -1.50. The van der Waals surface area contributed by atoms with Gasteiger partial charge in [0.2, 0.25) is 5.91 Å². The second kappa shape index (κ2) is 7.49. The maximum Gasteiger partial charge on any atom is 0.455 e. The second-order valence-electron chi connectivity index (χ2n) is 8.05. The van der Waals surface area contributed by atoms with Gasteiger partial charge in [-0.3, -0.25) is 9.69 Å². The standard InChI is InChI=1S/C18H24BN3O7/c20-17(24)13-3-8(5-21-13)22-6-9(7-22)29-14-2-1-10(11-4-12(11)19(27)28)16(23)15(14)18(25)26/h1-2,8-9,11-13,21,23,27-28H,3-7H2,(H2,20,24)(H,25,26)/t8-,11-,12-,13+/m1/s1. The van der Waals surface area contributed by atoms with Crippen LogP contribution < -0.4 is 15.8 Å². The summed E-state index contributed by atoms with van der Waals surface area (Å²) in [5.41, 5.74) is 5.40. The van der Waals surface area contributed by atoms with E-state index in [1.54, 1.807) is 6.07 Å². The molecule has 29 heavy (non-hydrogen) atoms. The average Bonchev–Trinajstić information content (AvgIpc) is 3.26. The van der Waals surface area contributed by atoms with Crippen LogP contribution in [0, 0.1) is 0 Å². The predicted molar refractivity (Wildman–Crippen MR) is 102 cm³/mol. The first-order valence-electron chi connectivity index (χ1n) is 9.65. The second-order valence-corrected chi connectivity index (χ2v) is 8.05. The fraction of sp³-hybridized carbons (Fsp3) is 0.556. The van der Waals surface area contributed by atoms with Gasteiger partial charge in [-0.25, -0.2) is 4.79 Å². The number of nitrogens with zero attached hydrogens (tertiary/aromatic N) is 1. The summed E-state index contributed by atoms with van der Waals surface area (Å²) in [5.74, 6) is -2.66. The third-order valence-corrected chi connectivity index (χ3v) is 6.14. The quantitative estimate of drug-likeness (QED) is 0.302. The van der Waals surface area contributed by atoms with Gasteiger partial charge in [0, 0.05) is 31.5 Å². The maximum absolute atomic E-state index is 11.7. The number of nitrogens with two attached hydrogens (primary N) is 1. The van der Waals surface area contributed by atoms with Crippen LogP contribution in [0.2, 0.25) is 5.82 Å². The molecule has 2 heterocycles. The Balaban J connectivity index is 1.40. The lowest BCUT2D eigenvalue weighted by Gasteiger charge is -2.42. The average molecular weight is 405 g/mol. The lowest BCUT2D eigenvalue weighted by Crippen LogP contribution is -2.58. The smallest absolute Gasteiger partial charge is 0.455 e. The summed E-state index contributed by atoms with van der Waals surface area (Å²) in [4.78, 5) is 25.1. The molecule has 4 atom stereocenters. The van der Waals surface area contributed by atoms with Gasteiger partial charge in [-0.05, 0) is 30.4 Å². The minimum absolute atomic E-state index is 0.0877. The molecule has 2 saturated heterocycles. The first-order chi connectivity index (χ1) is 13.8.